The molecule has 152 valence electrons. The Balaban J connectivity index is 1.28. The van der Waals surface area contributed by atoms with Crippen LogP contribution in [0.25, 0.3) is 0 Å². The lowest BCUT2D eigenvalue weighted by atomic mass is 9.84. The van der Waals surface area contributed by atoms with Crippen LogP contribution >= 0.6 is 0 Å². The van der Waals surface area contributed by atoms with Crippen molar-refractivity contribution in [2.24, 2.45) is 5.92 Å². The smallest absolute Gasteiger partial charge is 0.225 e. The van der Waals surface area contributed by atoms with Crippen molar-refractivity contribution in [1.82, 2.24) is 10.2 Å². The van der Waals surface area contributed by atoms with Gasteiger partial charge in [-0.15, -0.1) is 0 Å². The molecule has 3 atom stereocenters. The number of benzene rings is 1. The van der Waals surface area contributed by atoms with Gasteiger partial charge in [0, 0.05) is 19.0 Å². The molecule has 1 aromatic carbocycles. The number of aliphatic hydroxyl groups excluding tert-OH is 1. The summed E-state index contributed by atoms with van der Waals surface area (Å²) in [6, 6.07) is 8.11. The number of nitrogens with zero attached hydrogens (tertiary/aromatic N) is 1. The Morgan fingerprint density at radius 1 is 1.14 bits per heavy atom. The van der Waals surface area contributed by atoms with E-state index in [1.807, 2.05) is 17.0 Å². The molecule has 4 rings (SSSR count). The molecule has 0 spiro atoms. The van der Waals surface area contributed by atoms with Gasteiger partial charge in [-0.05, 0) is 43.2 Å². The van der Waals surface area contributed by atoms with Gasteiger partial charge in [0.25, 0.3) is 0 Å². The van der Waals surface area contributed by atoms with Crippen molar-refractivity contribution in [3.05, 3.63) is 35.4 Å². The molecule has 2 amide bonds. The number of fused-ring (bicyclic) bond motifs is 1. The summed E-state index contributed by atoms with van der Waals surface area (Å²) in [4.78, 5) is 26.9. The monoisotopic (exact) mass is 386 g/mol. The fraction of sp³-hybridized carbons (Fsp3) is 0.636. The maximum atomic E-state index is 12.8. The third-order valence-corrected chi connectivity index (χ3v) is 6.48. The number of amides is 2. The maximum absolute atomic E-state index is 12.8. The highest BCUT2D eigenvalue weighted by molar-refractivity contribution is 5.79. The van der Waals surface area contributed by atoms with Crippen molar-refractivity contribution < 1.29 is 19.4 Å². The number of rotatable bonds is 5. The average molecular weight is 386 g/mol. The van der Waals surface area contributed by atoms with Crippen LogP contribution in [0.1, 0.15) is 49.7 Å². The lowest BCUT2D eigenvalue weighted by molar-refractivity contribution is -0.144. The Bertz CT molecular complexity index is 718. The fourth-order valence-electron chi connectivity index (χ4n) is 4.45. The number of hydrogen-bond donors (Lipinski definition) is 2. The minimum atomic E-state index is -0.433. The van der Waals surface area contributed by atoms with Crippen molar-refractivity contribution in [3.63, 3.8) is 0 Å². The molecule has 1 aromatic rings. The molecule has 2 fully saturated rings. The highest BCUT2D eigenvalue weighted by atomic mass is 16.5. The molecular formula is C22H30N2O4. The first-order valence-corrected chi connectivity index (χ1v) is 10.6. The molecule has 1 saturated heterocycles. The average Bonchev–Trinajstić information content (AvgIpc) is 2.67. The summed E-state index contributed by atoms with van der Waals surface area (Å²) in [5, 5.41) is 12.8. The van der Waals surface area contributed by atoms with E-state index in [1.165, 1.54) is 11.1 Å². The van der Waals surface area contributed by atoms with E-state index in [4.69, 9.17) is 4.74 Å². The first-order valence-electron chi connectivity index (χ1n) is 10.6. The van der Waals surface area contributed by atoms with Gasteiger partial charge in [0.15, 0.2) is 0 Å². The molecule has 1 aliphatic carbocycles. The minimum absolute atomic E-state index is 0.0832. The lowest BCUT2D eigenvalue weighted by Crippen LogP contribution is -2.53. The molecule has 6 heteroatoms. The summed E-state index contributed by atoms with van der Waals surface area (Å²) in [6.45, 7) is 1.26. The molecular weight excluding hydrogens is 356 g/mol. The Morgan fingerprint density at radius 2 is 1.93 bits per heavy atom. The van der Waals surface area contributed by atoms with Gasteiger partial charge in [0.1, 0.15) is 6.10 Å². The van der Waals surface area contributed by atoms with Crippen molar-refractivity contribution in [1.29, 1.82) is 0 Å². The van der Waals surface area contributed by atoms with Crippen LogP contribution in [0.5, 0.6) is 0 Å². The third kappa shape index (κ3) is 4.23. The van der Waals surface area contributed by atoms with Crippen LogP contribution in [0, 0.1) is 5.92 Å². The second-order valence-electron chi connectivity index (χ2n) is 8.34. The van der Waals surface area contributed by atoms with Crippen molar-refractivity contribution in [2.75, 3.05) is 13.2 Å². The standard InChI is InChI=1S/C22H30N2O4/c25-14-20-19(23-22(27)16-6-3-7-16)9-8-18(28-20)12-21(26)24-11-10-15-4-1-2-5-17(15)13-24/h1-2,4-5,16,18-20,25H,3,6-14H2,(H,23,27)/t18-,19-,20-/m0/s1. The zero-order chi connectivity index (χ0) is 19.5. The summed E-state index contributed by atoms with van der Waals surface area (Å²) >= 11 is 0. The summed E-state index contributed by atoms with van der Waals surface area (Å²) in [6.07, 6.45) is 5.10. The van der Waals surface area contributed by atoms with Gasteiger partial charge < -0.3 is 20.1 Å². The predicted octanol–water partition coefficient (Wildman–Crippen LogP) is 1.79. The lowest BCUT2D eigenvalue weighted by Gasteiger charge is -2.38. The van der Waals surface area contributed by atoms with E-state index in [1.54, 1.807) is 0 Å². The molecule has 0 unspecified atom stereocenters. The van der Waals surface area contributed by atoms with Crippen molar-refractivity contribution >= 4 is 11.8 Å². The van der Waals surface area contributed by atoms with E-state index in [0.29, 0.717) is 13.0 Å². The quantitative estimate of drug-likeness (QED) is 0.809. The molecule has 2 heterocycles. The van der Waals surface area contributed by atoms with E-state index in [2.05, 4.69) is 17.4 Å². The third-order valence-electron chi connectivity index (χ3n) is 6.48. The fourth-order valence-corrected chi connectivity index (χ4v) is 4.45. The zero-order valence-electron chi connectivity index (χ0n) is 16.3. The second kappa shape index (κ2) is 8.62. The molecule has 6 nitrogen and oxygen atoms in total. The minimum Gasteiger partial charge on any atom is -0.394 e. The zero-order valence-corrected chi connectivity index (χ0v) is 16.3. The van der Waals surface area contributed by atoms with Crippen LogP contribution in [0.2, 0.25) is 0 Å². The molecule has 2 N–H and O–H groups in total. The summed E-state index contributed by atoms with van der Waals surface area (Å²) in [7, 11) is 0. The normalized spacial score (nSPS) is 27.6. The van der Waals surface area contributed by atoms with Gasteiger partial charge in [0.2, 0.25) is 11.8 Å². The molecule has 1 saturated carbocycles. The number of nitrogens with one attached hydrogen (secondary N) is 1. The van der Waals surface area contributed by atoms with Gasteiger partial charge in [-0.3, -0.25) is 9.59 Å². The van der Waals surface area contributed by atoms with Crippen molar-refractivity contribution in [2.45, 2.75) is 69.7 Å². The number of hydrogen-bond acceptors (Lipinski definition) is 4. The maximum Gasteiger partial charge on any atom is 0.225 e. The topological polar surface area (TPSA) is 78.9 Å². The van der Waals surface area contributed by atoms with E-state index in [9.17, 15) is 14.7 Å². The van der Waals surface area contributed by atoms with Crippen molar-refractivity contribution in [3.8, 4) is 0 Å². The molecule has 2 aliphatic heterocycles. The largest absolute Gasteiger partial charge is 0.394 e. The molecule has 0 aromatic heterocycles. The van der Waals surface area contributed by atoms with Crippen LogP contribution < -0.4 is 5.32 Å². The van der Waals surface area contributed by atoms with Gasteiger partial charge >= 0.3 is 0 Å². The molecule has 0 bridgehead atoms. The second-order valence-corrected chi connectivity index (χ2v) is 8.34. The Morgan fingerprint density at radius 3 is 2.64 bits per heavy atom. The van der Waals surface area contributed by atoms with E-state index < -0.39 is 6.10 Å². The SMILES string of the molecule is O=C(N[C@H]1CC[C@@H](CC(=O)N2CCc3ccccc3C2)O[C@H]1CO)C1CCC1. The van der Waals surface area contributed by atoms with Crippen LogP contribution in [0.15, 0.2) is 24.3 Å². The Kier molecular flexibility index (Phi) is 5.97. The highest BCUT2D eigenvalue weighted by Gasteiger charge is 2.35. The highest BCUT2D eigenvalue weighted by Crippen LogP contribution is 2.28. The van der Waals surface area contributed by atoms with Crippen LogP contribution in [0.4, 0.5) is 0 Å². The number of ether oxygens (including phenoxy) is 1. The number of aliphatic hydroxyl groups is 1. The van der Waals surface area contributed by atoms with Gasteiger partial charge in [-0.25, -0.2) is 0 Å². The Labute approximate surface area is 166 Å². The van der Waals surface area contributed by atoms with Gasteiger partial charge in [0.05, 0.1) is 25.2 Å². The number of carbonyl (C=O) groups is 2. The van der Waals surface area contributed by atoms with Crippen LogP contribution in [0.3, 0.4) is 0 Å². The Hall–Kier alpha value is -1.92. The summed E-state index contributed by atoms with van der Waals surface area (Å²) in [5.41, 5.74) is 2.55. The van der Waals surface area contributed by atoms with E-state index in [0.717, 1.165) is 45.1 Å². The van der Waals surface area contributed by atoms with Gasteiger partial charge in [-0.1, -0.05) is 30.7 Å². The van der Waals surface area contributed by atoms with Gasteiger partial charge in [-0.2, -0.15) is 0 Å². The van der Waals surface area contributed by atoms with Crippen LogP contribution in [-0.2, 0) is 27.3 Å². The van der Waals surface area contributed by atoms with Crippen LogP contribution in [-0.4, -0.2) is 53.2 Å². The first-order chi connectivity index (χ1) is 13.6. The summed E-state index contributed by atoms with van der Waals surface area (Å²) in [5.74, 6) is 0.313. The predicted molar refractivity (Wildman–Crippen MR) is 104 cm³/mol. The molecule has 3 aliphatic rings. The number of carbonyl (C=O) groups excluding carboxylic acids is 2. The molecule has 28 heavy (non-hydrogen) atoms. The van der Waals surface area contributed by atoms with E-state index in [-0.39, 0.29) is 36.5 Å². The first kappa shape index (κ1) is 19.4. The van der Waals surface area contributed by atoms with E-state index >= 15 is 0 Å². The summed E-state index contributed by atoms with van der Waals surface area (Å²) < 4.78 is 6.00. The molecule has 0 radical (unpaired) electrons.